The van der Waals surface area contributed by atoms with Gasteiger partial charge in [-0.3, -0.25) is 0 Å². The fourth-order valence-electron chi connectivity index (χ4n) is 2.17. The predicted octanol–water partition coefficient (Wildman–Crippen LogP) is 3.92. The van der Waals surface area contributed by atoms with Crippen molar-refractivity contribution >= 4 is 11.3 Å². The lowest BCUT2D eigenvalue weighted by Crippen LogP contribution is -2.00. The minimum atomic E-state index is 0.402. The van der Waals surface area contributed by atoms with Gasteiger partial charge in [0.15, 0.2) is 0 Å². The Morgan fingerprint density at radius 2 is 2.05 bits per heavy atom. The first-order chi connectivity index (χ1) is 9.51. The molecule has 2 aromatic rings. The average Bonchev–Trinajstić information content (AvgIpc) is 2.81. The minimum absolute atomic E-state index is 0.402. The zero-order valence-electron chi connectivity index (χ0n) is 12.6. The largest absolute Gasteiger partial charge is 0.486 e. The van der Waals surface area contributed by atoms with Crippen LogP contribution in [0.15, 0.2) is 18.2 Å². The van der Waals surface area contributed by atoms with Crippen LogP contribution in [0.1, 0.15) is 46.5 Å². The predicted molar refractivity (Wildman–Crippen MR) is 84.3 cm³/mol. The van der Waals surface area contributed by atoms with Crippen LogP contribution >= 0.6 is 11.3 Å². The zero-order valence-corrected chi connectivity index (χ0v) is 13.4. The van der Waals surface area contributed by atoms with Crippen LogP contribution in [0.3, 0.4) is 0 Å². The summed E-state index contributed by atoms with van der Waals surface area (Å²) in [5, 5.41) is 0.995. The summed E-state index contributed by atoms with van der Waals surface area (Å²) in [6, 6.07) is 6.21. The topological polar surface area (TPSA) is 48.1 Å². The Balaban J connectivity index is 2.11. The number of ether oxygens (including phenoxy) is 1. The van der Waals surface area contributed by atoms with E-state index in [0.717, 1.165) is 22.0 Å². The van der Waals surface area contributed by atoms with E-state index in [1.807, 2.05) is 6.07 Å². The molecule has 0 unspecified atom stereocenters. The minimum Gasteiger partial charge on any atom is -0.486 e. The second kappa shape index (κ2) is 6.37. The Morgan fingerprint density at radius 1 is 1.30 bits per heavy atom. The van der Waals surface area contributed by atoms with Gasteiger partial charge in [-0.1, -0.05) is 31.5 Å². The average molecular weight is 290 g/mol. The lowest BCUT2D eigenvalue weighted by atomic mass is 10.1. The molecule has 0 fully saturated rings. The molecule has 0 radical (unpaired) electrons. The van der Waals surface area contributed by atoms with Crippen molar-refractivity contribution in [2.24, 2.45) is 5.73 Å². The van der Waals surface area contributed by atoms with E-state index in [2.05, 4.69) is 44.8 Å². The molecule has 2 rings (SSSR count). The van der Waals surface area contributed by atoms with Gasteiger partial charge in [-0.2, -0.15) is 0 Å². The number of hydrogen-bond donors (Lipinski definition) is 1. The van der Waals surface area contributed by atoms with Gasteiger partial charge < -0.3 is 10.5 Å². The highest BCUT2D eigenvalue weighted by Crippen LogP contribution is 2.26. The molecule has 0 spiro atoms. The standard InChI is InChI=1S/C16H22N2OS/c1-10(2)16-14(8-17)20-15(18-16)9-19-13-6-5-11(3)7-12(13)4/h5-7,10H,8-9,17H2,1-4H3. The van der Waals surface area contributed by atoms with E-state index >= 15 is 0 Å². The summed E-state index contributed by atoms with van der Waals surface area (Å²) in [7, 11) is 0. The van der Waals surface area contributed by atoms with E-state index in [-0.39, 0.29) is 0 Å². The van der Waals surface area contributed by atoms with Crippen LogP contribution in [0.2, 0.25) is 0 Å². The molecule has 0 aliphatic heterocycles. The van der Waals surface area contributed by atoms with Crippen LogP contribution in [0, 0.1) is 13.8 Å². The van der Waals surface area contributed by atoms with E-state index < -0.39 is 0 Å². The van der Waals surface area contributed by atoms with Gasteiger partial charge in [-0.05, 0) is 31.4 Å². The molecule has 0 aliphatic rings. The van der Waals surface area contributed by atoms with Crippen LogP contribution < -0.4 is 10.5 Å². The summed E-state index contributed by atoms with van der Waals surface area (Å²) in [4.78, 5) is 5.82. The molecule has 3 nitrogen and oxygen atoms in total. The molecular formula is C16H22N2OS. The van der Waals surface area contributed by atoms with Crippen molar-refractivity contribution in [3.8, 4) is 5.75 Å². The molecular weight excluding hydrogens is 268 g/mol. The third kappa shape index (κ3) is 3.38. The molecule has 2 N–H and O–H groups in total. The number of hydrogen-bond acceptors (Lipinski definition) is 4. The second-order valence-corrected chi connectivity index (χ2v) is 6.50. The number of aryl methyl sites for hydroxylation is 2. The maximum atomic E-state index is 5.88. The van der Waals surface area contributed by atoms with Gasteiger partial charge in [0.25, 0.3) is 0 Å². The highest BCUT2D eigenvalue weighted by atomic mass is 32.1. The maximum Gasteiger partial charge on any atom is 0.140 e. The Labute approximate surface area is 124 Å². The SMILES string of the molecule is Cc1ccc(OCc2nc(C(C)C)c(CN)s2)c(C)c1. The number of nitrogens with zero attached hydrogens (tertiary/aromatic N) is 1. The molecule has 0 saturated carbocycles. The number of aromatic nitrogens is 1. The van der Waals surface area contributed by atoms with Crippen LogP contribution in [0.25, 0.3) is 0 Å². The first kappa shape index (κ1) is 15.0. The van der Waals surface area contributed by atoms with Crippen molar-refractivity contribution in [2.45, 2.75) is 46.8 Å². The van der Waals surface area contributed by atoms with E-state index in [1.54, 1.807) is 11.3 Å². The summed E-state index contributed by atoms with van der Waals surface area (Å²) in [5.74, 6) is 1.32. The van der Waals surface area contributed by atoms with Crippen LogP contribution in [-0.4, -0.2) is 4.98 Å². The maximum absolute atomic E-state index is 5.88. The van der Waals surface area contributed by atoms with Crippen molar-refractivity contribution in [2.75, 3.05) is 0 Å². The zero-order chi connectivity index (χ0) is 14.7. The smallest absolute Gasteiger partial charge is 0.140 e. The lowest BCUT2D eigenvalue weighted by Gasteiger charge is -2.08. The van der Waals surface area contributed by atoms with Crippen molar-refractivity contribution < 1.29 is 4.74 Å². The highest BCUT2D eigenvalue weighted by molar-refractivity contribution is 7.11. The first-order valence-electron chi connectivity index (χ1n) is 6.90. The third-order valence-corrected chi connectivity index (χ3v) is 4.25. The normalized spacial score (nSPS) is 11.1. The highest BCUT2D eigenvalue weighted by Gasteiger charge is 2.13. The fraction of sp³-hybridized carbons (Fsp3) is 0.438. The van der Waals surface area contributed by atoms with Gasteiger partial charge in [0, 0.05) is 11.4 Å². The molecule has 1 aromatic carbocycles. The Kier molecular flexibility index (Phi) is 4.78. The first-order valence-corrected chi connectivity index (χ1v) is 7.71. The van der Waals surface area contributed by atoms with Crippen molar-refractivity contribution in [3.05, 3.63) is 44.9 Å². The van der Waals surface area contributed by atoms with E-state index in [1.165, 1.54) is 10.4 Å². The van der Waals surface area contributed by atoms with Crippen LogP contribution in [-0.2, 0) is 13.2 Å². The Hall–Kier alpha value is -1.39. The molecule has 1 heterocycles. The van der Waals surface area contributed by atoms with Crippen LogP contribution in [0.4, 0.5) is 0 Å². The molecule has 0 amide bonds. The van der Waals surface area contributed by atoms with E-state index in [4.69, 9.17) is 10.5 Å². The summed E-state index contributed by atoms with van der Waals surface area (Å²) in [5.41, 5.74) is 9.29. The van der Waals surface area contributed by atoms with Crippen molar-refractivity contribution in [3.63, 3.8) is 0 Å². The van der Waals surface area contributed by atoms with Gasteiger partial charge in [0.2, 0.25) is 0 Å². The molecule has 0 saturated heterocycles. The van der Waals surface area contributed by atoms with Crippen LogP contribution in [0.5, 0.6) is 5.75 Å². The summed E-state index contributed by atoms with van der Waals surface area (Å²) in [6.45, 7) is 9.49. The summed E-state index contributed by atoms with van der Waals surface area (Å²) in [6.07, 6.45) is 0. The quantitative estimate of drug-likeness (QED) is 0.908. The van der Waals surface area contributed by atoms with Crippen molar-refractivity contribution in [1.29, 1.82) is 0 Å². The molecule has 0 aliphatic carbocycles. The number of thiazole rings is 1. The molecule has 4 heteroatoms. The number of rotatable bonds is 5. The molecule has 0 atom stereocenters. The van der Waals surface area contributed by atoms with Gasteiger partial charge in [-0.25, -0.2) is 4.98 Å². The van der Waals surface area contributed by atoms with Crippen molar-refractivity contribution in [1.82, 2.24) is 4.98 Å². The van der Waals surface area contributed by atoms with Gasteiger partial charge in [0.1, 0.15) is 17.4 Å². The lowest BCUT2D eigenvalue weighted by molar-refractivity contribution is 0.303. The van der Waals surface area contributed by atoms with Gasteiger partial charge in [-0.15, -0.1) is 11.3 Å². The van der Waals surface area contributed by atoms with Gasteiger partial charge in [0.05, 0.1) is 5.69 Å². The molecule has 0 bridgehead atoms. The number of benzene rings is 1. The Morgan fingerprint density at radius 3 is 2.60 bits per heavy atom. The van der Waals surface area contributed by atoms with E-state index in [0.29, 0.717) is 19.1 Å². The molecule has 108 valence electrons. The fourth-order valence-corrected chi connectivity index (χ4v) is 3.19. The summed E-state index contributed by atoms with van der Waals surface area (Å²) < 4.78 is 5.88. The van der Waals surface area contributed by atoms with Gasteiger partial charge >= 0.3 is 0 Å². The summed E-state index contributed by atoms with van der Waals surface area (Å²) >= 11 is 1.65. The second-order valence-electron chi connectivity index (χ2n) is 5.33. The monoisotopic (exact) mass is 290 g/mol. The molecule has 1 aromatic heterocycles. The Bertz CT molecular complexity index is 590. The third-order valence-electron chi connectivity index (χ3n) is 3.19. The number of nitrogens with two attached hydrogens (primary N) is 1. The molecule has 20 heavy (non-hydrogen) atoms. The van der Waals surface area contributed by atoms with E-state index in [9.17, 15) is 0 Å².